The Morgan fingerprint density at radius 2 is 1.88 bits per heavy atom. The molecule has 3 heterocycles. The molecule has 1 aliphatic heterocycles. The highest BCUT2D eigenvalue weighted by molar-refractivity contribution is 5.98. The molecule has 210 valence electrons. The molecular formula is C29H31F2N5O4. The predicted molar refractivity (Wildman–Crippen MR) is 146 cm³/mol. The zero-order valence-electron chi connectivity index (χ0n) is 22.8. The fraction of sp³-hybridized carbons (Fsp3) is 0.379. The van der Waals surface area contributed by atoms with Gasteiger partial charge in [-0.2, -0.15) is 8.78 Å². The maximum atomic E-state index is 13.6. The lowest BCUT2D eigenvalue weighted by atomic mass is 9.90. The van der Waals surface area contributed by atoms with E-state index in [0.29, 0.717) is 18.0 Å². The molecule has 1 saturated heterocycles. The van der Waals surface area contributed by atoms with Gasteiger partial charge in [0, 0.05) is 50.1 Å². The zero-order chi connectivity index (χ0) is 28.8. The number of esters is 1. The maximum Gasteiger partial charge on any atom is 0.321 e. The van der Waals surface area contributed by atoms with Crippen LogP contribution in [0.5, 0.6) is 0 Å². The van der Waals surface area contributed by atoms with Crippen molar-refractivity contribution in [3.8, 4) is 11.5 Å². The minimum absolute atomic E-state index is 0.109. The number of para-hydroxylation sites is 1. The number of hydrogen-bond donors (Lipinski definition) is 1. The minimum Gasteiger partial charge on any atom is -0.469 e. The lowest BCUT2D eigenvalue weighted by Crippen LogP contribution is -2.58. The van der Waals surface area contributed by atoms with E-state index in [1.54, 1.807) is 12.1 Å². The lowest BCUT2D eigenvalue weighted by molar-refractivity contribution is -0.151. The Balaban J connectivity index is 1.44. The van der Waals surface area contributed by atoms with Crippen LogP contribution in [-0.4, -0.2) is 69.0 Å². The molecule has 0 aliphatic carbocycles. The molecular weight excluding hydrogens is 520 g/mol. The van der Waals surface area contributed by atoms with Gasteiger partial charge in [-0.25, -0.2) is 4.98 Å². The maximum absolute atomic E-state index is 13.6. The Morgan fingerprint density at radius 3 is 2.58 bits per heavy atom. The van der Waals surface area contributed by atoms with Crippen LogP contribution in [-0.2, 0) is 27.9 Å². The van der Waals surface area contributed by atoms with Crippen LogP contribution < -0.4 is 5.32 Å². The second kappa shape index (κ2) is 10.4. The first kappa shape index (κ1) is 27.3. The lowest BCUT2D eigenvalue weighted by Gasteiger charge is -2.38. The molecule has 5 rings (SSSR count). The van der Waals surface area contributed by atoms with Gasteiger partial charge in [0.05, 0.1) is 35.8 Å². The van der Waals surface area contributed by atoms with Crippen LogP contribution in [0.1, 0.15) is 30.6 Å². The van der Waals surface area contributed by atoms with Gasteiger partial charge in [-0.05, 0) is 43.7 Å². The number of aromatic nitrogens is 3. The van der Waals surface area contributed by atoms with E-state index in [1.807, 2.05) is 29.8 Å². The summed E-state index contributed by atoms with van der Waals surface area (Å²) in [5.74, 6) is -6.18. The van der Waals surface area contributed by atoms with E-state index < -0.39 is 29.8 Å². The number of amides is 2. The van der Waals surface area contributed by atoms with Crippen molar-refractivity contribution in [2.24, 2.45) is 13.0 Å². The Morgan fingerprint density at radius 1 is 1.12 bits per heavy atom. The van der Waals surface area contributed by atoms with Gasteiger partial charge in [0.1, 0.15) is 0 Å². The molecule has 0 bridgehead atoms. The molecule has 9 nitrogen and oxygen atoms in total. The van der Waals surface area contributed by atoms with Crippen molar-refractivity contribution >= 4 is 39.7 Å². The third kappa shape index (κ3) is 4.80. The summed E-state index contributed by atoms with van der Waals surface area (Å²) in [7, 11) is 3.13. The molecule has 2 aromatic heterocycles. The first-order valence-corrected chi connectivity index (χ1v) is 13.1. The summed E-state index contributed by atoms with van der Waals surface area (Å²) in [6.07, 6.45) is 0.163. The second-order valence-corrected chi connectivity index (χ2v) is 10.2. The third-order valence-electron chi connectivity index (χ3n) is 7.60. The Kier molecular flexibility index (Phi) is 7.07. The largest absolute Gasteiger partial charge is 0.469 e. The number of carbonyl (C=O) groups is 3. The Hall–Kier alpha value is -4.28. The van der Waals surface area contributed by atoms with Crippen molar-refractivity contribution in [3.63, 3.8) is 0 Å². The van der Waals surface area contributed by atoms with Crippen LogP contribution in [0.15, 0.2) is 48.5 Å². The highest BCUT2D eigenvalue weighted by Crippen LogP contribution is 2.31. The van der Waals surface area contributed by atoms with Gasteiger partial charge in [0.15, 0.2) is 5.82 Å². The molecule has 2 atom stereocenters. The van der Waals surface area contributed by atoms with Gasteiger partial charge in [0.2, 0.25) is 0 Å². The topological polar surface area (TPSA) is 98.5 Å². The smallest absolute Gasteiger partial charge is 0.321 e. The van der Waals surface area contributed by atoms with Crippen LogP contribution in [0, 0.1) is 5.92 Å². The quantitative estimate of drug-likeness (QED) is 0.366. The van der Waals surface area contributed by atoms with E-state index in [-0.39, 0.29) is 25.4 Å². The molecule has 1 unspecified atom stereocenters. The molecule has 0 spiro atoms. The van der Waals surface area contributed by atoms with E-state index >= 15 is 0 Å². The van der Waals surface area contributed by atoms with Crippen molar-refractivity contribution in [1.82, 2.24) is 24.3 Å². The molecule has 0 saturated carbocycles. The van der Waals surface area contributed by atoms with E-state index in [4.69, 9.17) is 9.72 Å². The number of imidazole rings is 1. The normalized spacial score (nSPS) is 17.8. The summed E-state index contributed by atoms with van der Waals surface area (Å²) in [5, 5.41) is 3.35. The molecule has 11 heteroatoms. The average Bonchev–Trinajstić information content (AvgIpc) is 3.48. The number of aryl methyl sites for hydroxylation is 2. The number of carbonyl (C=O) groups excluding carboxylic acids is 3. The van der Waals surface area contributed by atoms with Crippen molar-refractivity contribution < 1.29 is 27.9 Å². The monoisotopic (exact) mass is 551 g/mol. The van der Waals surface area contributed by atoms with E-state index in [1.165, 1.54) is 12.0 Å². The number of ether oxygens (including phenoxy) is 1. The summed E-state index contributed by atoms with van der Waals surface area (Å²) < 4.78 is 36.2. The SMILES string of the molecule is CCn1c(-c2nc3cc(C(=O)N4CC[C@@H](C(=O)OC)C(NC(=O)C(C)(F)F)C4)ccc3n2C)cc2ccccc21. The number of halogens is 2. The molecule has 4 aromatic rings. The number of piperidine rings is 1. The number of nitrogens with one attached hydrogen (secondary N) is 1. The Labute approximate surface area is 229 Å². The molecule has 40 heavy (non-hydrogen) atoms. The molecule has 1 aliphatic rings. The summed E-state index contributed by atoms with van der Waals surface area (Å²) in [4.78, 5) is 44.1. The van der Waals surface area contributed by atoms with Gasteiger partial charge in [-0.3, -0.25) is 14.4 Å². The highest BCUT2D eigenvalue weighted by Gasteiger charge is 2.41. The summed E-state index contributed by atoms with van der Waals surface area (Å²) in [6.45, 7) is 3.42. The number of fused-ring (bicyclic) bond motifs is 2. The van der Waals surface area contributed by atoms with E-state index in [0.717, 1.165) is 34.5 Å². The summed E-state index contributed by atoms with van der Waals surface area (Å²) >= 11 is 0. The second-order valence-electron chi connectivity index (χ2n) is 10.2. The number of hydrogen-bond acceptors (Lipinski definition) is 5. The number of likely N-dealkylation sites (tertiary alicyclic amines) is 1. The predicted octanol–water partition coefficient (Wildman–Crippen LogP) is 3.99. The van der Waals surface area contributed by atoms with Gasteiger partial charge >= 0.3 is 11.9 Å². The minimum atomic E-state index is -3.63. The first-order valence-electron chi connectivity index (χ1n) is 13.1. The molecule has 1 fully saturated rings. The highest BCUT2D eigenvalue weighted by atomic mass is 19.3. The van der Waals surface area contributed by atoms with Gasteiger partial charge in [0.25, 0.3) is 11.8 Å². The number of alkyl halides is 2. The number of nitrogens with zero attached hydrogens (tertiary/aromatic N) is 4. The summed E-state index contributed by atoms with van der Waals surface area (Å²) in [5.41, 5.74) is 3.93. The van der Waals surface area contributed by atoms with E-state index in [2.05, 4.69) is 35.0 Å². The van der Waals surface area contributed by atoms with E-state index in [9.17, 15) is 23.2 Å². The van der Waals surface area contributed by atoms with Gasteiger partial charge < -0.3 is 24.1 Å². The van der Waals surface area contributed by atoms with Crippen LogP contribution in [0.25, 0.3) is 33.5 Å². The molecule has 0 radical (unpaired) electrons. The number of rotatable bonds is 6. The van der Waals surface area contributed by atoms with Crippen LogP contribution in [0.3, 0.4) is 0 Å². The van der Waals surface area contributed by atoms with Crippen LogP contribution >= 0.6 is 0 Å². The third-order valence-corrected chi connectivity index (χ3v) is 7.60. The number of benzene rings is 2. The fourth-order valence-electron chi connectivity index (χ4n) is 5.49. The molecule has 2 amide bonds. The van der Waals surface area contributed by atoms with Crippen molar-refractivity contribution in [1.29, 1.82) is 0 Å². The summed E-state index contributed by atoms with van der Waals surface area (Å²) in [6, 6.07) is 14.5. The standard InChI is InChI=1S/C29H31F2N5O4/c1-5-36-22-9-7-6-8-17(22)15-24(36)25-32-20-14-18(10-11-23(20)34(25)3)26(37)35-13-12-19(27(38)40-4)21(16-35)33-28(39)29(2,30)31/h6-11,14-15,19,21H,5,12-13,16H2,1-4H3,(H,33,39)/t19-,21?/m1/s1. The first-order chi connectivity index (χ1) is 19.0. The van der Waals surface area contributed by atoms with Gasteiger partial charge in [-0.15, -0.1) is 0 Å². The van der Waals surface area contributed by atoms with Crippen LogP contribution in [0.4, 0.5) is 8.78 Å². The Bertz CT molecular complexity index is 1620. The van der Waals surface area contributed by atoms with Crippen LogP contribution in [0.2, 0.25) is 0 Å². The zero-order valence-corrected chi connectivity index (χ0v) is 22.8. The van der Waals surface area contributed by atoms with Crippen molar-refractivity contribution in [2.75, 3.05) is 20.2 Å². The van der Waals surface area contributed by atoms with Gasteiger partial charge in [-0.1, -0.05) is 18.2 Å². The van der Waals surface area contributed by atoms with Crippen molar-refractivity contribution in [2.45, 2.75) is 38.8 Å². The fourth-order valence-corrected chi connectivity index (χ4v) is 5.49. The number of methoxy groups -OCH3 is 1. The molecule has 1 N–H and O–H groups in total. The average molecular weight is 552 g/mol. The van der Waals surface area contributed by atoms with Crippen molar-refractivity contribution in [3.05, 3.63) is 54.1 Å². The molecule has 2 aromatic carbocycles.